The maximum atomic E-state index is 6.04. The number of benzene rings is 1. The first-order valence-electron chi connectivity index (χ1n) is 10.7. The Morgan fingerprint density at radius 1 is 1.00 bits per heavy atom. The van der Waals surface area contributed by atoms with Gasteiger partial charge < -0.3 is 18.9 Å². The number of rotatable bonds is 16. The van der Waals surface area contributed by atoms with Crippen molar-refractivity contribution in [3.63, 3.8) is 0 Å². The molecule has 0 aliphatic carbocycles. The molecule has 6 heteroatoms. The van der Waals surface area contributed by atoms with Gasteiger partial charge in [-0.2, -0.15) is 0 Å². The summed E-state index contributed by atoms with van der Waals surface area (Å²) in [6.07, 6.45) is 8.82. The Hall–Kier alpha value is -1.40. The molecule has 1 aromatic rings. The van der Waals surface area contributed by atoms with Crippen LogP contribution in [0.1, 0.15) is 52.0 Å². The van der Waals surface area contributed by atoms with Crippen LogP contribution in [0.5, 0.6) is 17.2 Å². The van der Waals surface area contributed by atoms with Crippen LogP contribution in [-0.4, -0.2) is 31.0 Å². The summed E-state index contributed by atoms with van der Waals surface area (Å²) >= 11 is 6.89. The van der Waals surface area contributed by atoms with Crippen LogP contribution in [0.15, 0.2) is 48.0 Å². The fourth-order valence-corrected chi connectivity index (χ4v) is 3.55. The molecule has 0 bridgehead atoms. The number of hydrogen-bond donors (Lipinski definition) is 0. The summed E-state index contributed by atoms with van der Waals surface area (Å²) in [5, 5.41) is 1.95. The van der Waals surface area contributed by atoms with Gasteiger partial charge in [0, 0.05) is 28.4 Å². The van der Waals surface area contributed by atoms with Gasteiger partial charge in [-0.05, 0) is 58.9 Å². The van der Waals surface area contributed by atoms with Gasteiger partial charge in [0.25, 0.3) is 0 Å². The second-order valence-electron chi connectivity index (χ2n) is 7.41. The zero-order chi connectivity index (χ0) is 23.1. The molecule has 0 radical (unpaired) electrons. The lowest BCUT2D eigenvalue weighted by atomic mass is 10.1. The average Bonchev–Trinajstić information content (AvgIpc) is 2.72. The summed E-state index contributed by atoms with van der Waals surface area (Å²) in [6.45, 7) is 11.4. The van der Waals surface area contributed by atoms with Crippen molar-refractivity contribution in [2.24, 2.45) is 0 Å². The van der Waals surface area contributed by atoms with Gasteiger partial charge in [-0.3, -0.25) is 0 Å². The number of halogens is 2. The van der Waals surface area contributed by atoms with Crippen molar-refractivity contribution < 1.29 is 18.9 Å². The first-order valence-corrected chi connectivity index (χ1v) is 12.9. The van der Waals surface area contributed by atoms with Gasteiger partial charge in [0.05, 0.1) is 26.1 Å². The van der Waals surface area contributed by atoms with Gasteiger partial charge in [-0.25, -0.2) is 0 Å². The minimum absolute atomic E-state index is 0.515. The largest absolute Gasteiger partial charge is 0.498 e. The molecule has 0 saturated carbocycles. The van der Waals surface area contributed by atoms with E-state index in [2.05, 4.69) is 58.4 Å². The molecule has 0 atom stereocenters. The Balaban J connectivity index is 2.99. The third kappa shape index (κ3) is 11.7. The molecule has 0 heterocycles. The quantitative estimate of drug-likeness (QED) is 0.0682. The molecule has 174 valence electrons. The molecule has 1 rings (SSSR count). The molecule has 1 aromatic carbocycles. The van der Waals surface area contributed by atoms with E-state index < -0.39 is 0 Å². The van der Waals surface area contributed by atoms with Gasteiger partial charge in [-0.1, -0.05) is 50.1 Å². The number of hydrogen-bond acceptors (Lipinski definition) is 4. The van der Waals surface area contributed by atoms with Crippen molar-refractivity contribution in [3.8, 4) is 17.2 Å². The van der Waals surface area contributed by atoms with Crippen LogP contribution < -0.4 is 14.2 Å². The predicted octanol–water partition coefficient (Wildman–Crippen LogP) is 7.75. The molecule has 0 aromatic heterocycles. The first-order chi connectivity index (χ1) is 14.9. The van der Waals surface area contributed by atoms with Crippen LogP contribution in [0.4, 0.5) is 0 Å². The van der Waals surface area contributed by atoms with Crippen molar-refractivity contribution >= 4 is 31.9 Å². The monoisotopic (exact) mass is 558 g/mol. The molecule has 0 aliphatic heterocycles. The maximum absolute atomic E-state index is 6.04. The Labute approximate surface area is 204 Å². The van der Waals surface area contributed by atoms with E-state index in [0.717, 1.165) is 59.8 Å². The van der Waals surface area contributed by atoms with Gasteiger partial charge in [0.15, 0.2) is 11.5 Å². The van der Waals surface area contributed by atoms with Crippen LogP contribution in [0.25, 0.3) is 0 Å². The second kappa shape index (κ2) is 16.3. The van der Waals surface area contributed by atoms with Crippen LogP contribution in [-0.2, 0) is 11.2 Å². The molecular formula is C25H36Br2O4. The van der Waals surface area contributed by atoms with E-state index >= 15 is 0 Å². The topological polar surface area (TPSA) is 36.9 Å². The molecule has 0 aliphatic rings. The van der Waals surface area contributed by atoms with E-state index in [-0.39, 0.29) is 0 Å². The lowest BCUT2D eigenvalue weighted by molar-refractivity contribution is 0.208. The molecule has 0 spiro atoms. The minimum Gasteiger partial charge on any atom is -0.498 e. The molecule has 0 saturated heterocycles. The fraction of sp³-hybridized carbons (Fsp3) is 0.520. The third-order valence-corrected chi connectivity index (χ3v) is 5.42. The summed E-state index contributed by atoms with van der Waals surface area (Å²) in [5.74, 6) is 3.40. The van der Waals surface area contributed by atoms with E-state index in [1.54, 1.807) is 7.11 Å². The standard InChI is InChI=1S/C25H36Br2O4/c1-19(2)10-11-22-17-23(18-24(25(22)28-5)30-15-9-7-13-27)31-21(4)16-20(3)29-14-8-6-12-26/h10,16-18H,4,6-9,11-15H2,1-3,5H3/b20-16+. The maximum Gasteiger partial charge on any atom is 0.165 e. The van der Waals surface area contributed by atoms with Gasteiger partial charge in [0.2, 0.25) is 0 Å². The number of ether oxygens (including phenoxy) is 4. The van der Waals surface area contributed by atoms with Crippen LogP contribution in [0.3, 0.4) is 0 Å². The summed E-state index contributed by atoms with van der Waals surface area (Å²) < 4.78 is 23.4. The van der Waals surface area contributed by atoms with Crippen molar-refractivity contribution in [1.82, 2.24) is 0 Å². The van der Waals surface area contributed by atoms with Gasteiger partial charge in [-0.15, -0.1) is 0 Å². The number of alkyl halides is 2. The highest BCUT2D eigenvalue weighted by Gasteiger charge is 2.14. The molecule has 0 fully saturated rings. The highest BCUT2D eigenvalue weighted by atomic mass is 79.9. The number of unbranched alkanes of at least 4 members (excludes halogenated alkanes) is 2. The molecule has 0 N–H and O–H groups in total. The van der Waals surface area contributed by atoms with Crippen molar-refractivity contribution in [2.75, 3.05) is 31.0 Å². The van der Waals surface area contributed by atoms with Crippen molar-refractivity contribution in [1.29, 1.82) is 0 Å². The SMILES string of the molecule is C=C(/C=C(\C)OCCCCBr)Oc1cc(CC=C(C)C)c(OC)c(OCCCCBr)c1. The van der Waals surface area contributed by atoms with Gasteiger partial charge in [0.1, 0.15) is 11.5 Å². The predicted molar refractivity (Wildman–Crippen MR) is 137 cm³/mol. The zero-order valence-electron chi connectivity index (χ0n) is 19.3. The molecular weight excluding hydrogens is 524 g/mol. The van der Waals surface area contributed by atoms with E-state index in [4.69, 9.17) is 18.9 Å². The van der Waals surface area contributed by atoms with Crippen LogP contribution in [0, 0.1) is 0 Å². The zero-order valence-corrected chi connectivity index (χ0v) is 22.4. The minimum atomic E-state index is 0.515. The molecule has 0 unspecified atom stereocenters. The van der Waals surface area contributed by atoms with E-state index in [0.29, 0.717) is 30.5 Å². The highest BCUT2D eigenvalue weighted by Crippen LogP contribution is 2.37. The van der Waals surface area contributed by atoms with E-state index in [1.165, 1.54) is 5.57 Å². The Bertz CT molecular complexity index is 737. The summed E-state index contributed by atoms with van der Waals surface area (Å²) in [5.41, 5.74) is 2.25. The normalized spacial score (nSPS) is 11.1. The van der Waals surface area contributed by atoms with Crippen LogP contribution >= 0.6 is 31.9 Å². The smallest absolute Gasteiger partial charge is 0.165 e. The third-order valence-electron chi connectivity index (χ3n) is 4.30. The van der Waals surface area contributed by atoms with E-state index in [1.807, 2.05) is 25.1 Å². The Morgan fingerprint density at radius 2 is 1.68 bits per heavy atom. The lowest BCUT2D eigenvalue weighted by Crippen LogP contribution is -2.03. The molecule has 31 heavy (non-hydrogen) atoms. The molecule has 0 amide bonds. The summed E-state index contributed by atoms with van der Waals surface area (Å²) in [6, 6.07) is 3.85. The summed E-state index contributed by atoms with van der Waals surface area (Å²) in [7, 11) is 1.67. The van der Waals surface area contributed by atoms with Crippen LogP contribution in [0.2, 0.25) is 0 Å². The van der Waals surface area contributed by atoms with E-state index in [9.17, 15) is 0 Å². The summed E-state index contributed by atoms with van der Waals surface area (Å²) in [4.78, 5) is 0. The second-order valence-corrected chi connectivity index (χ2v) is 9.00. The fourth-order valence-electron chi connectivity index (χ4n) is 2.75. The number of allylic oxidation sites excluding steroid dienone is 4. The first kappa shape index (κ1) is 27.6. The molecule has 4 nitrogen and oxygen atoms in total. The Morgan fingerprint density at radius 3 is 2.29 bits per heavy atom. The lowest BCUT2D eigenvalue weighted by Gasteiger charge is -2.17. The van der Waals surface area contributed by atoms with Crippen molar-refractivity contribution in [3.05, 3.63) is 53.5 Å². The van der Waals surface area contributed by atoms with Gasteiger partial charge >= 0.3 is 0 Å². The number of methoxy groups -OCH3 is 1. The highest BCUT2D eigenvalue weighted by molar-refractivity contribution is 9.09. The van der Waals surface area contributed by atoms with Crippen molar-refractivity contribution in [2.45, 2.75) is 52.9 Å². The Kier molecular flexibility index (Phi) is 14.5. The average molecular weight is 560 g/mol.